The Hall–Kier alpha value is 1.24. The van der Waals surface area contributed by atoms with Crippen molar-refractivity contribution in [2.24, 2.45) is 0 Å². The van der Waals surface area contributed by atoms with Crippen LogP contribution in [0.3, 0.4) is 0 Å². The van der Waals surface area contributed by atoms with Gasteiger partial charge in [0.05, 0.1) is 6.71 Å². The van der Waals surface area contributed by atoms with Gasteiger partial charge in [-0.1, -0.05) is 6.92 Å². The van der Waals surface area contributed by atoms with Gasteiger partial charge in [-0.2, -0.15) is 0 Å². The van der Waals surface area contributed by atoms with Gasteiger partial charge in [0.25, 0.3) is 0 Å². The summed E-state index contributed by atoms with van der Waals surface area (Å²) in [5, 5.41) is 0. The number of rotatable bonds is 0. The maximum absolute atomic E-state index is 4.79. The van der Waals surface area contributed by atoms with Crippen LogP contribution in [0.25, 0.3) is 0 Å². The third-order valence-corrected chi connectivity index (χ3v) is 0. The second-order valence-corrected chi connectivity index (χ2v) is 3.09. The predicted molar refractivity (Wildman–Crippen MR) is 40.4 cm³/mol. The van der Waals surface area contributed by atoms with Gasteiger partial charge in [-0.15, -0.1) is 9.24 Å². The third-order valence-electron chi connectivity index (χ3n) is 0. The third kappa shape index (κ3) is 61.3. The Balaban J connectivity index is 0. The molecule has 0 aromatic heterocycles. The molecule has 0 saturated carbocycles. The van der Waals surface area contributed by atoms with Gasteiger partial charge in [0, 0.05) is 0 Å². The highest BCUT2D eigenvalue weighted by Crippen LogP contribution is 1.93. The molecule has 1 unspecified atom stereocenters. The molecule has 0 fully saturated rings. The lowest BCUT2D eigenvalue weighted by Gasteiger charge is -1.48. The van der Waals surface area contributed by atoms with Crippen molar-refractivity contribution < 1.29 is 0 Å². The van der Waals surface area contributed by atoms with E-state index in [4.69, 9.17) is 11.2 Å². The SMILES string of the molecule is CCP.S=PCl. The molecule has 0 saturated heterocycles. The van der Waals surface area contributed by atoms with E-state index in [-0.39, 0.29) is 0 Å². The number of hydrogen-bond acceptors (Lipinski definition) is 1. The Morgan fingerprint density at radius 1 is 2.00 bits per heavy atom. The zero-order valence-electron chi connectivity index (χ0n) is 3.52. The maximum atomic E-state index is 4.79. The molecular weight excluding hydrogens is 153 g/mol. The summed E-state index contributed by atoms with van der Waals surface area (Å²) < 4.78 is 0. The molecular formula is C2H7ClP2S. The predicted octanol–water partition coefficient (Wildman–Crippen LogP) is 2.43. The van der Waals surface area contributed by atoms with Crippen molar-refractivity contribution in [2.45, 2.75) is 6.92 Å². The van der Waals surface area contributed by atoms with Crippen molar-refractivity contribution in [1.82, 2.24) is 0 Å². The number of halogens is 1. The first-order chi connectivity index (χ1) is 2.83. The summed E-state index contributed by atoms with van der Waals surface area (Å²) in [6.07, 6.45) is 1.17. The topological polar surface area (TPSA) is 0 Å². The standard InChI is InChI=1S/C2H7P.ClPS/c2*1-2-3/h2-3H2,1H3;. The first-order valence-corrected chi connectivity index (χ1v) is 5.10. The molecule has 0 heterocycles. The van der Waals surface area contributed by atoms with Crippen molar-refractivity contribution in [2.75, 3.05) is 6.16 Å². The molecule has 0 radical (unpaired) electrons. The summed E-state index contributed by atoms with van der Waals surface area (Å²) in [5.41, 5.74) is 0. The highest BCUT2D eigenvalue weighted by Gasteiger charge is 1.35. The lowest BCUT2D eigenvalue weighted by molar-refractivity contribution is 1.53. The second kappa shape index (κ2) is 16.3. The molecule has 0 bridgehead atoms. The summed E-state index contributed by atoms with van der Waals surface area (Å²) in [7, 11) is 2.58. The first kappa shape index (κ1) is 10.3. The molecule has 38 valence electrons. The van der Waals surface area contributed by atoms with Crippen LogP contribution in [0.5, 0.6) is 0 Å². The van der Waals surface area contributed by atoms with Gasteiger partial charge >= 0.3 is 0 Å². The van der Waals surface area contributed by atoms with Gasteiger partial charge in [0.15, 0.2) is 0 Å². The average Bonchev–Trinajstić information content (AvgIpc) is 1.39. The van der Waals surface area contributed by atoms with Crippen LogP contribution < -0.4 is 0 Å². The monoisotopic (exact) mass is 160 g/mol. The van der Waals surface area contributed by atoms with E-state index in [1.807, 2.05) is 0 Å². The van der Waals surface area contributed by atoms with Crippen LogP contribution in [0.15, 0.2) is 0 Å². The summed E-state index contributed by atoms with van der Waals surface area (Å²) in [6.45, 7) is 2.56. The van der Waals surface area contributed by atoms with E-state index in [1.54, 1.807) is 0 Å². The van der Waals surface area contributed by atoms with E-state index in [0.29, 0.717) is 6.71 Å². The van der Waals surface area contributed by atoms with Crippen molar-refractivity contribution in [3.63, 3.8) is 0 Å². The van der Waals surface area contributed by atoms with Gasteiger partial charge < -0.3 is 0 Å². The Labute approximate surface area is 52.5 Å². The Morgan fingerprint density at radius 3 is 2.00 bits per heavy atom. The molecule has 6 heavy (non-hydrogen) atoms. The van der Waals surface area contributed by atoms with E-state index in [0.717, 1.165) is 0 Å². The second-order valence-electron chi connectivity index (χ2n) is 0.477. The van der Waals surface area contributed by atoms with Crippen molar-refractivity contribution in [1.29, 1.82) is 0 Å². The van der Waals surface area contributed by atoms with Crippen LogP contribution in [0.2, 0.25) is 0 Å². The zero-order valence-corrected chi connectivity index (χ0v) is 7.14. The van der Waals surface area contributed by atoms with Crippen LogP contribution in [-0.4, -0.2) is 6.16 Å². The molecule has 0 aliphatic carbocycles. The van der Waals surface area contributed by atoms with E-state index in [9.17, 15) is 0 Å². The fourth-order valence-electron chi connectivity index (χ4n) is 0. The lowest BCUT2D eigenvalue weighted by atomic mass is 11.0. The molecule has 0 rings (SSSR count). The Bertz CT molecular complexity index is 25.5. The molecule has 0 aromatic carbocycles. The molecule has 4 heteroatoms. The molecule has 0 aromatic rings. The van der Waals surface area contributed by atoms with E-state index in [1.165, 1.54) is 6.16 Å². The molecule has 0 N–H and O–H groups in total. The molecule has 0 aliphatic heterocycles. The largest absolute Gasteiger partial charge is 0.138 e. The van der Waals surface area contributed by atoms with Gasteiger partial charge in [-0.3, -0.25) is 0 Å². The molecule has 0 amide bonds. The molecule has 0 spiro atoms. The molecule has 1 atom stereocenters. The van der Waals surface area contributed by atoms with Crippen LogP contribution in [0.4, 0.5) is 0 Å². The smallest absolute Gasteiger partial charge is 0.0830 e. The number of hydrogen-bond donors (Lipinski definition) is 0. The maximum Gasteiger partial charge on any atom is 0.0830 e. The fourth-order valence-corrected chi connectivity index (χ4v) is 0. The van der Waals surface area contributed by atoms with Crippen molar-refractivity contribution >= 4 is 39.0 Å². The molecule has 0 aliphatic rings. The zero-order chi connectivity index (χ0) is 5.41. The quantitative estimate of drug-likeness (QED) is 0.491. The van der Waals surface area contributed by atoms with Crippen LogP contribution in [-0.2, 0) is 11.8 Å². The Morgan fingerprint density at radius 2 is 2.00 bits per heavy atom. The van der Waals surface area contributed by atoms with Crippen molar-refractivity contribution in [3.8, 4) is 0 Å². The Kier molecular flexibility index (Phi) is 27.9. The summed E-state index contributed by atoms with van der Waals surface area (Å²) in [5.74, 6) is 0. The van der Waals surface area contributed by atoms with Crippen LogP contribution in [0, 0.1) is 0 Å². The van der Waals surface area contributed by atoms with Gasteiger partial charge in [0.2, 0.25) is 0 Å². The van der Waals surface area contributed by atoms with Crippen LogP contribution in [0.1, 0.15) is 6.92 Å². The van der Waals surface area contributed by atoms with E-state index >= 15 is 0 Å². The lowest BCUT2D eigenvalue weighted by Crippen LogP contribution is -1.33. The van der Waals surface area contributed by atoms with Gasteiger partial charge in [-0.25, -0.2) is 0 Å². The fraction of sp³-hybridized carbons (Fsp3) is 1.00. The highest BCUT2D eigenvalue weighted by molar-refractivity contribution is 8.08. The average molecular weight is 161 g/mol. The minimum absolute atomic E-state index is 0.472. The normalized spacial score (nSPS) is 6.50. The minimum atomic E-state index is 0.472. The van der Waals surface area contributed by atoms with Gasteiger partial charge in [0.1, 0.15) is 0 Å². The molecule has 0 nitrogen and oxygen atoms in total. The first-order valence-electron chi connectivity index (χ1n) is 1.47. The minimum Gasteiger partial charge on any atom is -0.138 e. The summed E-state index contributed by atoms with van der Waals surface area (Å²) >= 11 is 8.92. The van der Waals surface area contributed by atoms with Gasteiger partial charge in [-0.05, 0) is 29.2 Å². The van der Waals surface area contributed by atoms with E-state index < -0.39 is 0 Å². The summed E-state index contributed by atoms with van der Waals surface area (Å²) in [6, 6.07) is 0. The summed E-state index contributed by atoms with van der Waals surface area (Å²) in [4.78, 5) is 0. The van der Waals surface area contributed by atoms with Crippen molar-refractivity contribution in [3.05, 3.63) is 0 Å². The van der Waals surface area contributed by atoms with E-state index in [2.05, 4.69) is 28.0 Å². The van der Waals surface area contributed by atoms with Crippen LogP contribution >= 0.6 is 27.2 Å². The highest BCUT2D eigenvalue weighted by atomic mass is 35.7.